The highest BCUT2D eigenvalue weighted by molar-refractivity contribution is 5.40. The first-order chi connectivity index (χ1) is 4.86. The average molecular weight is 137 g/mol. The fourth-order valence-corrected chi connectivity index (χ4v) is 0.643. The van der Waals surface area contributed by atoms with Crippen LogP contribution in [0.25, 0.3) is 0 Å². The molecule has 1 aromatic carbocycles. The number of nitrogens with zero attached hydrogens (tertiary/aromatic N) is 1. The Bertz CT molecular complexity index is 218. The topological polar surface area (TPSA) is 38.7 Å². The number of hydrogen-bond donors (Lipinski definition) is 0. The van der Waals surface area contributed by atoms with Crippen LogP contribution in [0.1, 0.15) is 0 Å². The summed E-state index contributed by atoms with van der Waals surface area (Å²) in [5.41, 5.74) is 0.417. The Morgan fingerprint density at radius 3 is 2.30 bits per heavy atom. The van der Waals surface area contributed by atoms with Crippen molar-refractivity contribution in [1.82, 2.24) is 0 Å². The molecule has 0 aliphatic heterocycles. The maximum atomic E-state index is 9.92. The summed E-state index contributed by atoms with van der Waals surface area (Å²) >= 11 is 0. The maximum Gasteiger partial charge on any atom is 0.119 e. The van der Waals surface area contributed by atoms with Crippen molar-refractivity contribution in [2.45, 2.75) is 0 Å². The Hall–Kier alpha value is -1.38. The fraction of sp³-hybridized carbons (Fsp3) is 0.143. The Kier molecular flexibility index (Phi) is 1.99. The summed E-state index contributed by atoms with van der Waals surface area (Å²) in [6.45, 7) is 0. The molecular weight excluding hydrogens is 130 g/mol. The predicted molar refractivity (Wildman–Crippen MR) is 38.4 cm³/mol. The SMILES string of the molecule is COc1ccc(N=O)cc1. The smallest absolute Gasteiger partial charge is 0.119 e. The molecule has 0 heterocycles. The van der Waals surface area contributed by atoms with Gasteiger partial charge in [-0.1, -0.05) is 0 Å². The Labute approximate surface area is 58.6 Å². The van der Waals surface area contributed by atoms with Crippen LogP contribution in [-0.2, 0) is 0 Å². The molecule has 1 rings (SSSR count). The summed E-state index contributed by atoms with van der Waals surface area (Å²) in [5, 5.41) is 2.74. The maximum absolute atomic E-state index is 9.92. The molecule has 1 aromatic rings. The average Bonchev–Trinajstić information content (AvgIpc) is 2.05. The molecule has 0 radical (unpaired) electrons. The second-order valence-corrected chi connectivity index (χ2v) is 1.79. The first kappa shape index (κ1) is 6.74. The van der Waals surface area contributed by atoms with Crippen molar-refractivity contribution >= 4 is 5.69 Å². The molecule has 3 heteroatoms. The van der Waals surface area contributed by atoms with Gasteiger partial charge in [0.25, 0.3) is 0 Å². The number of rotatable bonds is 2. The van der Waals surface area contributed by atoms with E-state index in [4.69, 9.17) is 4.74 Å². The summed E-state index contributed by atoms with van der Waals surface area (Å²) in [4.78, 5) is 9.92. The van der Waals surface area contributed by atoms with E-state index in [0.29, 0.717) is 5.69 Å². The molecular formula is C7H7NO2. The van der Waals surface area contributed by atoms with Crippen LogP contribution in [0.5, 0.6) is 5.75 Å². The van der Waals surface area contributed by atoms with Gasteiger partial charge in [-0.25, -0.2) is 0 Å². The molecule has 0 aromatic heterocycles. The van der Waals surface area contributed by atoms with Crippen molar-refractivity contribution < 1.29 is 4.74 Å². The number of methoxy groups -OCH3 is 1. The minimum absolute atomic E-state index is 0.417. The highest BCUT2D eigenvalue weighted by Gasteiger charge is 1.90. The van der Waals surface area contributed by atoms with Gasteiger partial charge in [-0.15, -0.1) is 4.91 Å². The standard InChI is InChI=1S/C7H7NO2/c1-10-7-4-2-6(8-9)3-5-7/h2-5H,1H3. The molecule has 0 spiro atoms. The van der Waals surface area contributed by atoms with E-state index in [2.05, 4.69) is 5.18 Å². The molecule has 52 valence electrons. The van der Waals surface area contributed by atoms with Crippen molar-refractivity contribution in [3.8, 4) is 5.75 Å². The minimum atomic E-state index is 0.417. The first-order valence-electron chi connectivity index (χ1n) is 2.84. The quantitative estimate of drug-likeness (QED) is 0.585. The fourth-order valence-electron chi connectivity index (χ4n) is 0.643. The lowest BCUT2D eigenvalue weighted by molar-refractivity contribution is 0.415. The van der Waals surface area contributed by atoms with Crippen molar-refractivity contribution in [3.63, 3.8) is 0 Å². The van der Waals surface area contributed by atoms with Gasteiger partial charge in [-0.05, 0) is 29.4 Å². The molecule has 0 aliphatic carbocycles. The van der Waals surface area contributed by atoms with E-state index >= 15 is 0 Å². The summed E-state index contributed by atoms with van der Waals surface area (Å²) in [6.07, 6.45) is 0. The Morgan fingerprint density at radius 1 is 1.30 bits per heavy atom. The van der Waals surface area contributed by atoms with E-state index in [9.17, 15) is 4.91 Å². The summed E-state index contributed by atoms with van der Waals surface area (Å²) in [5.74, 6) is 0.729. The summed E-state index contributed by atoms with van der Waals surface area (Å²) in [6, 6.07) is 6.59. The van der Waals surface area contributed by atoms with Crippen molar-refractivity contribution in [2.75, 3.05) is 7.11 Å². The summed E-state index contributed by atoms with van der Waals surface area (Å²) < 4.78 is 4.87. The Balaban J connectivity index is 2.90. The van der Waals surface area contributed by atoms with Gasteiger partial charge in [-0.3, -0.25) is 0 Å². The van der Waals surface area contributed by atoms with E-state index in [1.54, 1.807) is 31.4 Å². The molecule has 0 bridgehead atoms. The molecule has 0 atom stereocenters. The number of benzene rings is 1. The zero-order chi connectivity index (χ0) is 7.40. The first-order valence-corrected chi connectivity index (χ1v) is 2.84. The van der Waals surface area contributed by atoms with Crippen LogP contribution < -0.4 is 4.74 Å². The van der Waals surface area contributed by atoms with Crippen molar-refractivity contribution in [3.05, 3.63) is 29.2 Å². The monoisotopic (exact) mass is 137 g/mol. The van der Waals surface area contributed by atoms with E-state index < -0.39 is 0 Å². The molecule has 0 unspecified atom stereocenters. The molecule has 0 saturated carbocycles. The van der Waals surface area contributed by atoms with Gasteiger partial charge >= 0.3 is 0 Å². The van der Waals surface area contributed by atoms with Crippen LogP contribution in [0.3, 0.4) is 0 Å². The number of nitroso groups, excluding NO2 is 1. The number of ether oxygens (including phenoxy) is 1. The predicted octanol–water partition coefficient (Wildman–Crippen LogP) is 2.09. The van der Waals surface area contributed by atoms with Crippen molar-refractivity contribution in [1.29, 1.82) is 0 Å². The van der Waals surface area contributed by atoms with Crippen LogP contribution >= 0.6 is 0 Å². The molecule has 0 N–H and O–H groups in total. The zero-order valence-corrected chi connectivity index (χ0v) is 5.57. The third-order valence-electron chi connectivity index (χ3n) is 1.18. The van der Waals surface area contributed by atoms with Gasteiger partial charge in [0.1, 0.15) is 11.4 Å². The lowest BCUT2D eigenvalue weighted by Crippen LogP contribution is -1.79. The van der Waals surface area contributed by atoms with Gasteiger partial charge in [0.05, 0.1) is 7.11 Å². The van der Waals surface area contributed by atoms with Crippen LogP contribution in [0.2, 0.25) is 0 Å². The minimum Gasteiger partial charge on any atom is -0.497 e. The van der Waals surface area contributed by atoms with E-state index in [0.717, 1.165) is 5.75 Å². The van der Waals surface area contributed by atoms with Gasteiger partial charge in [-0.2, -0.15) is 0 Å². The third-order valence-corrected chi connectivity index (χ3v) is 1.18. The Morgan fingerprint density at radius 2 is 1.90 bits per heavy atom. The summed E-state index contributed by atoms with van der Waals surface area (Å²) in [7, 11) is 1.57. The van der Waals surface area contributed by atoms with Crippen LogP contribution in [0.4, 0.5) is 5.69 Å². The van der Waals surface area contributed by atoms with Gasteiger partial charge in [0.15, 0.2) is 0 Å². The van der Waals surface area contributed by atoms with Crippen LogP contribution in [0, 0.1) is 4.91 Å². The lowest BCUT2D eigenvalue weighted by Gasteiger charge is -1.96. The van der Waals surface area contributed by atoms with Crippen molar-refractivity contribution in [2.24, 2.45) is 5.18 Å². The molecule has 0 saturated heterocycles. The highest BCUT2D eigenvalue weighted by atomic mass is 16.5. The molecule has 3 nitrogen and oxygen atoms in total. The van der Waals surface area contributed by atoms with Crippen LogP contribution in [0.15, 0.2) is 29.4 Å². The molecule has 0 amide bonds. The van der Waals surface area contributed by atoms with Gasteiger partial charge in [0, 0.05) is 0 Å². The second kappa shape index (κ2) is 2.96. The van der Waals surface area contributed by atoms with E-state index in [1.807, 2.05) is 0 Å². The molecule has 0 aliphatic rings. The van der Waals surface area contributed by atoms with E-state index in [1.165, 1.54) is 0 Å². The number of hydrogen-bond acceptors (Lipinski definition) is 3. The lowest BCUT2D eigenvalue weighted by atomic mass is 10.3. The van der Waals surface area contributed by atoms with Gasteiger partial charge in [0.2, 0.25) is 0 Å². The largest absolute Gasteiger partial charge is 0.497 e. The van der Waals surface area contributed by atoms with Gasteiger partial charge < -0.3 is 4.74 Å². The van der Waals surface area contributed by atoms with Crippen LogP contribution in [-0.4, -0.2) is 7.11 Å². The molecule has 0 fully saturated rings. The third kappa shape index (κ3) is 1.31. The normalized spacial score (nSPS) is 8.90. The van der Waals surface area contributed by atoms with E-state index in [-0.39, 0.29) is 0 Å². The second-order valence-electron chi connectivity index (χ2n) is 1.79. The molecule has 10 heavy (non-hydrogen) atoms. The zero-order valence-electron chi connectivity index (χ0n) is 5.57. The highest BCUT2D eigenvalue weighted by Crippen LogP contribution is 2.16.